The summed E-state index contributed by atoms with van der Waals surface area (Å²) in [6, 6.07) is 0. The molecule has 2 rings (SSSR count). The minimum Gasteiger partial charge on any atom is -0.404 e. The van der Waals surface area contributed by atoms with Crippen molar-refractivity contribution in [3.8, 4) is 0 Å². The molecule has 4 atom stereocenters. The van der Waals surface area contributed by atoms with Crippen LogP contribution < -0.4 is 5.73 Å². The van der Waals surface area contributed by atoms with Gasteiger partial charge in [-0.05, 0) is 43.9 Å². The average molecular weight is 267 g/mol. The minimum atomic E-state index is -0.211. The Bertz CT molecular complexity index is 311. The van der Waals surface area contributed by atoms with Crippen LogP contribution in [0.1, 0.15) is 60.3 Å². The van der Waals surface area contributed by atoms with Crippen molar-refractivity contribution in [3.63, 3.8) is 0 Å². The molecule has 19 heavy (non-hydrogen) atoms. The van der Waals surface area contributed by atoms with E-state index in [1.807, 2.05) is 0 Å². The van der Waals surface area contributed by atoms with Crippen molar-refractivity contribution in [2.45, 2.75) is 77.9 Å². The molecule has 2 N–H and O–H groups in total. The fraction of sp³-hybridized carbons (Fsp3) is 1.00. The molecule has 1 aliphatic carbocycles. The molecule has 0 spiro atoms. The molecule has 2 fully saturated rings. The summed E-state index contributed by atoms with van der Waals surface area (Å²) < 4.78 is 12.5. The van der Waals surface area contributed by atoms with Crippen LogP contribution in [0, 0.1) is 17.8 Å². The van der Waals surface area contributed by atoms with Crippen LogP contribution in [-0.2, 0) is 9.31 Å². The average Bonchev–Trinajstić information content (AvgIpc) is 2.64. The van der Waals surface area contributed by atoms with Crippen molar-refractivity contribution in [1.29, 1.82) is 0 Å². The van der Waals surface area contributed by atoms with Gasteiger partial charge in [0.2, 0.25) is 0 Å². The van der Waals surface area contributed by atoms with Crippen LogP contribution in [0.2, 0.25) is 0 Å². The summed E-state index contributed by atoms with van der Waals surface area (Å²) in [7, 11) is -0.211. The molecule has 1 aliphatic heterocycles. The van der Waals surface area contributed by atoms with E-state index in [0.29, 0.717) is 17.8 Å². The van der Waals surface area contributed by atoms with Gasteiger partial charge in [0.25, 0.3) is 0 Å². The molecule has 0 radical (unpaired) electrons. The number of rotatable bonds is 4. The van der Waals surface area contributed by atoms with Crippen molar-refractivity contribution >= 4 is 7.12 Å². The second-order valence-electron chi connectivity index (χ2n) is 7.37. The van der Waals surface area contributed by atoms with Crippen LogP contribution in [0.25, 0.3) is 0 Å². The SMILES string of the molecule is CC(C)CC(N)B1O[C@@H]2CCC[C@@H](C(C)C)[C@]2(C)O1. The summed E-state index contributed by atoms with van der Waals surface area (Å²) in [6.07, 6.45) is 4.81. The Labute approximate surface area is 118 Å². The van der Waals surface area contributed by atoms with Gasteiger partial charge in [0.15, 0.2) is 0 Å². The highest BCUT2D eigenvalue weighted by atomic mass is 16.7. The van der Waals surface area contributed by atoms with Gasteiger partial charge in [-0.1, -0.05) is 34.1 Å². The molecule has 3 nitrogen and oxygen atoms in total. The van der Waals surface area contributed by atoms with E-state index >= 15 is 0 Å². The second-order valence-corrected chi connectivity index (χ2v) is 7.37. The molecule has 4 heteroatoms. The highest BCUT2D eigenvalue weighted by Crippen LogP contribution is 2.46. The van der Waals surface area contributed by atoms with Gasteiger partial charge in [0, 0.05) is 5.94 Å². The number of hydrogen-bond donors (Lipinski definition) is 1. The molecule has 0 bridgehead atoms. The molecular weight excluding hydrogens is 237 g/mol. The summed E-state index contributed by atoms with van der Waals surface area (Å²) in [4.78, 5) is 0. The quantitative estimate of drug-likeness (QED) is 0.796. The van der Waals surface area contributed by atoms with Gasteiger partial charge in [-0.2, -0.15) is 0 Å². The third-order valence-electron chi connectivity index (χ3n) is 4.92. The predicted molar refractivity (Wildman–Crippen MR) is 79.7 cm³/mol. The van der Waals surface area contributed by atoms with E-state index in [9.17, 15) is 0 Å². The monoisotopic (exact) mass is 267 g/mol. The maximum atomic E-state index is 6.34. The van der Waals surface area contributed by atoms with Crippen LogP contribution in [0.15, 0.2) is 0 Å². The molecule has 0 aromatic carbocycles. The fourth-order valence-electron chi connectivity index (χ4n) is 3.98. The Morgan fingerprint density at radius 1 is 1.26 bits per heavy atom. The summed E-state index contributed by atoms with van der Waals surface area (Å²) in [5.41, 5.74) is 6.13. The topological polar surface area (TPSA) is 44.5 Å². The summed E-state index contributed by atoms with van der Waals surface area (Å²) in [5, 5.41) is 0. The van der Waals surface area contributed by atoms with Gasteiger partial charge >= 0.3 is 7.12 Å². The Balaban J connectivity index is 2.08. The summed E-state index contributed by atoms with van der Waals surface area (Å²) in [6.45, 7) is 11.2. The minimum absolute atomic E-state index is 0.00441. The van der Waals surface area contributed by atoms with Crippen LogP contribution >= 0.6 is 0 Å². The van der Waals surface area contributed by atoms with E-state index < -0.39 is 0 Å². The van der Waals surface area contributed by atoms with E-state index in [2.05, 4.69) is 34.6 Å². The van der Waals surface area contributed by atoms with Crippen molar-refractivity contribution in [1.82, 2.24) is 0 Å². The number of hydrogen-bond acceptors (Lipinski definition) is 3. The molecule has 1 heterocycles. The van der Waals surface area contributed by atoms with Crippen molar-refractivity contribution in [2.24, 2.45) is 23.5 Å². The molecule has 110 valence electrons. The molecule has 0 aromatic rings. The largest absolute Gasteiger partial charge is 0.475 e. The lowest BCUT2D eigenvalue weighted by molar-refractivity contribution is -0.0510. The van der Waals surface area contributed by atoms with E-state index in [0.717, 1.165) is 12.8 Å². The van der Waals surface area contributed by atoms with E-state index in [-0.39, 0.29) is 24.8 Å². The summed E-state index contributed by atoms with van der Waals surface area (Å²) >= 11 is 0. The zero-order chi connectivity index (χ0) is 14.2. The molecule has 0 aromatic heterocycles. The van der Waals surface area contributed by atoms with E-state index in [1.165, 1.54) is 12.8 Å². The Hall–Kier alpha value is -0.0551. The Morgan fingerprint density at radius 2 is 1.95 bits per heavy atom. The smallest absolute Gasteiger partial charge is 0.404 e. The zero-order valence-electron chi connectivity index (χ0n) is 13.2. The third-order valence-corrected chi connectivity index (χ3v) is 4.92. The lowest BCUT2D eigenvalue weighted by Gasteiger charge is -2.44. The lowest BCUT2D eigenvalue weighted by atomic mass is 9.69. The van der Waals surface area contributed by atoms with Crippen LogP contribution in [0.5, 0.6) is 0 Å². The van der Waals surface area contributed by atoms with Crippen LogP contribution in [0.3, 0.4) is 0 Å². The predicted octanol–water partition coefficient (Wildman–Crippen LogP) is 3.02. The van der Waals surface area contributed by atoms with Crippen LogP contribution in [-0.4, -0.2) is 24.8 Å². The Kier molecular flexibility index (Phi) is 4.64. The third kappa shape index (κ3) is 3.01. The van der Waals surface area contributed by atoms with Crippen molar-refractivity contribution in [3.05, 3.63) is 0 Å². The zero-order valence-corrected chi connectivity index (χ0v) is 13.2. The van der Waals surface area contributed by atoms with Crippen molar-refractivity contribution in [2.75, 3.05) is 0 Å². The molecular formula is C15H30BNO2. The van der Waals surface area contributed by atoms with Gasteiger partial charge in [-0.3, -0.25) is 0 Å². The van der Waals surface area contributed by atoms with Gasteiger partial charge in [0.05, 0.1) is 11.7 Å². The first-order chi connectivity index (χ1) is 8.84. The first-order valence-corrected chi connectivity index (χ1v) is 7.93. The molecule has 1 saturated carbocycles. The number of fused-ring (bicyclic) bond motifs is 1. The Morgan fingerprint density at radius 3 is 2.53 bits per heavy atom. The van der Waals surface area contributed by atoms with Crippen molar-refractivity contribution < 1.29 is 9.31 Å². The van der Waals surface area contributed by atoms with Crippen LogP contribution in [0.4, 0.5) is 0 Å². The van der Waals surface area contributed by atoms with E-state index in [4.69, 9.17) is 15.0 Å². The summed E-state index contributed by atoms with van der Waals surface area (Å²) in [5.74, 6) is 1.80. The lowest BCUT2D eigenvalue weighted by Crippen LogP contribution is -2.49. The van der Waals surface area contributed by atoms with Gasteiger partial charge in [0.1, 0.15) is 0 Å². The highest BCUT2D eigenvalue weighted by Gasteiger charge is 2.56. The van der Waals surface area contributed by atoms with Gasteiger partial charge < -0.3 is 15.0 Å². The molecule has 1 unspecified atom stereocenters. The first kappa shape index (κ1) is 15.3. The van der Waals surface area contributed by atoms with Gasteiger partial charge in [-0.25, -0.2) is 0 Å². The second kappa shape index (κ2) is 5.75. The maximum Gasteiger partial charge on any atom is 0.475 e. The molecule has 2 aliphatic rings. The maximum absolute atomic E-state index is 6.34. The highest BCUT2D eigenvalue weighted by molar-refractivity contribution is 6.47. The molecule has 1 saturated heterocycles. The standard InChI is InChI=1S/C15H30BNO2/c1-10(2)9-14(17)16-18-13-8-6-7-12(11(3)4)15(13,5)19-16/h10-14H,6-9,17H2,1-5H3/t12-,13+,14?,15-/m0/s1. The van der Waals surface area contributed by atoms with Gasteiger partial charge in [-0.15, -0.1) is 0 Å². The number of nitrogens with two attached hydrogens (primary N) is 1. The molecule has 0 amide bonds. The first-order valence-electron chi connectivity index (χ1n) is 7.93. The normalized spacial score (nSPS) is 36.9. The van der Waals surface area contributed by atoms with E-state index in [1.54, 1.807) is 0 Å². The fourth-order valence-corrected chi connectivity index (χ4v) is 3.98.